The average molecular weight is 611 g/mol. The minimum Gasteiger partial charge on any atom is -0.394 e. The van der Waals surface area contributed by atoms with Gasteiger partial charge in [-0.2, -0.15) is 0 Å². The van der Waals surface area contributed by atoms with Crippen LogP contribution in [0.25, 0.3) is 0 Å². The molecule has 224 valence electrons. The van der Waals surface area contributed by atoms with E-state index in [-0.39, 0.29) is 37.2 Å². The van der Waals surface area contributed by atoms with E-state index in [1.165, 1.54) is 0 Å². The van der Waals surface area contributed by atoms with Crippen LogP contribution < -0.4 is 17.2 Å². The number of rotatable bonds is 7. The Morgan fingerprint density at radius 3 is 1.35 bits per heavy atom. The number of aliphatic hydroxyl groups excluding tert-OH is 8. The van der Waals surface area contributed by atoms with E-state index in [0.717, 1.165) is 0 Å². The van der Waals surface area contributed by atoms with Crippen LogP contribution in [0, 0.1) is 0 Å². The molecule has 37 heavy (non-hydrogen) atoms. The SMILES string of the molecule is Cl.Cl.Cl.N[C@H]1[C@H](O[C@H]2[C@H](O)[C@@H](N)[C@H](O[C@H]3[C@H](O)[C@@H](N)C(O)O[C@@H]3CO)O[C@@H]2CO)O[C@H](CO)[C@@H](O)[C@@H]1O. The van der Waals surface area contributed by atoms with E-state index in [9.17, 15) is 40.9 Å². The highest BCUT2D eigenvalue weighted by atomic mass is 35.5. The number of halogens is 3. The number of nitrogens with two attached hydrogens (primary N) is 3. The van der Waals surface area contributed by atoms with Crippen LogP contribution in [0.4, 0.5) is 0 Å². The summed E-state index contributed by atoms with van der Waals surface area (Å²) in [6.45, 7) is -2.00. The van der Waals surface area contributed by atoms with E-state index in [2.05, 4.69) is 0 Å². The zero-order valence-electron chi connectivity index (χ0n) is 19.4. The van der Waals surface area contributed by atoms with Gasteiger partial charge in [0, 0.05) is 0 Å². The van der Waals surface area contributed by atoms with Gasteiger partial charge in [-0.15, -0.1) is 37.2 Å². The lowest BCUT2D eigenvalue weighted by molar-refractivity contribution is -0.348. The van der Waals surface area contributed by atoms with Crippen molar-refractivity contribution in [2.24, 2.45) is 17.2 Å². The molecule has 1 unspecified atom stereocenters. The van der Waals surface area contributed by atoms with Crippen molar-refractivity contribution in [1.29, 1.82) is 0 Å². The van der Waals surface area contributed by atoms with Crippen molar-refractivity contribution < 1.29 is 64.5 Å². The van der Waals surface area contributed by atoms with Crippen LogP contribution in [0.1, 0.15) is 0 Å². The Kier molecular flexibility index (Phi) is 16.0. The third-order valence-corrected chi connectivity index (χ3v) is 6.33. The van der Waals surface area contributed by atoms with E-state index >= 15 is 0 Å². The van der Waals surface area contributed by atoms with Gasteiger partial charge in [-0.3, -0.25) is 0 Å². The molecule has 0 spiro atoms. The fourth-order valence-corrected chi connectivity index (χ4v) is 4.18. The van der Waals surface area contributed by atoms with Crippen molar-refractivity contribution in [3.8, 4) is 0 Å². The molecular weight excluding hydrogens is 573 g/mol. The Morgan fingerprint density at radius 2 is 0.892 bits per heavy atom. The molecule has 14 N–H and O–H groups in total. The minimum absolute atomic E-state index is 0. The molecule has 0 aromatic carbocycles. The molecule has 0 aliphatic carbocycles. The summed E-state index contributed by atoms with van der Waals surface area (Å²) in [5.74, 6) is 0. The fourth-order valence-electron chi connectivity index (χ4n) is 4.18. The van der Waals surface area contributed by atoms with E-state index in [1.807, 2.05) is 0 Å². The number of hydrogen-bond donors (Lipinski definition) is 11. The first-order chi connectivity index (χ1) is 16.0. The second-order valence-electron chi connectivity index (χ2n) is 8.59. The molecule has 19 heteroatoms. The zero-order valence-corrected chi connectivity index (χ0v) is 21.8. The first kappa shape index (κ1) is 37.2. The summed E-state index contributed by atoms with van der Waals surface area (Å²) in [5.41, 5.74) is 17.6. The van der Waals surface area contributed by atoms with Crippen molar-refractivity contribution in [1.82, 2.24) is 0 Å². The van der Waals surface area contributed by atoms with E-state index < -0.39 is 112 Å². The highest BCUT2D eigenvalue weighted by Crippen LogP contribution is 2.31. The Labute approximate surface area is 230 Å². The number of aliphatic hydroxyl groups is 8. The third-order valence-electron chi connectivity index (χ3n) is 6.33. The van der Waals surface area contributed by atoms with Gasteiger partial charge in [0.05, 0.1) is 37.9 Å². The van der Waals surface area contributed by atoms with Gasteiger partial charge in [-0.05, 0) is 0 Å². The normalized spacial score (nSPS) is 48.2. The molecule has 0 aromatic heterocycles. The molecule has 16 nitrogen and oxygen atoms in total. The lowest BCUT2D eigenvalue weighted by atomic mass is 9.94. The molecule has 0 saturated carbocycles. The van der Waals surface area contributed by atoms with Crippen LogP contribution in [0.15, 0.2) is 0 Å². The van der Waals surface area contributed by atoms with Gasteiger partial charge in [0.1, 0.15) is 54.9 Å². The van der Waals surface area contributed by atoms with Crippen LogP contribution in [0.3, 0.4) is 0 Å². The predicted molar refractivity (Wildman–Crippen MR) is 129 cm³/mol. The molecule has 3 saturated heterocycles. The molecule has 0 radical (unpaired) electrons. The first-order valence-corrected chi connectivity index (χ1v) is 10.8. The number of hydrogen-bond acceptors (Lipinski definition) is 16. The van der Waals surface area contributed by atoms with Crippen molar-refractivity contribution >= 4 is 37.2 Å². The number of ether oxygens (including phenoxy) is 5. The van der Waals surface area contributed by atoms with Crippen LogP contribution in [-0.4, -0.2) is 153 Å². The Balaban J connectivity index is 0.00000432. The molecule has 3 fully saturated rings. The summed E-state index contributed by atoms with van der Waals surface area (Å²) in [6, 6.07) is -3.87. The molecule has 0 amide bonds. The minimum atomic E-state index is -1.56. The summed E-state index contributed by atoms with van der Waals surface area (Å²) in [6.07, 6.45) is -16.8. The van der Waals surface area contributed by atoms with E-state index in [4.69, 9.17) is 40.9 Å². The highest BCUT2D eigenvalue weighted by molar-refractivity contribution is 5.86. The van der Waals surface area contributed by atoms with Gasteiger partial charge < -0.3 is 81.7 Å². The first-order valence-electron chi connectivity index (χ1n) is 10.8. The van der Waals surface area contributed by atoms with E-state index in [0.29, 0.717) is 0 Å². The van der Waals surface area contributed by atoms with E-state index in [1.54, 1.807) is 0 Å². The van der Waals surface area contributed by atoms with Gasteiger partial charge in [-0.25, -0.2) is 0 Å². The molecular formula is C18H38Cl3N3O13. The Morgan fingerprint density at radius 1 is 0.514 bits per heavy atom. The molecule has 3 aliphatic rings. The lowest BCUT2D eigenvalue weighted by Crippen LogP contribution is -2.69. The maximum Gasteiger partial charge on any atom is 0.176 e. The topological polar surface area (TPSA) is 286 Å². The summed E-state index contributed by atoms with van der Waals surface area (Å²) in [4.78, 5) is 0. The summed E-state index contributed by atoms with van der Waals surface area (Å²) >= 11 is 0. The van der Waals surface area contributed by atoms with Crippen LogP contribution in [0.5, 0.6) is 0 Å². The molecule has 15 atom stereocenters. The molecule has 3 rings (SSSR count). The quantitative estimate of drug-likeness (QED) is 0.128. The monoisotopic (exact) mass is 609 g/mol. The summed E-state index contributed by atoms with van der Waals surface area (Å²) in [7, 11) is 0. The fraction of sp³-hybridized carbons (Fsp3) is 1.00. The van der Waals surface area contributed by atoms with Gasteiger partial charge in [0.25, 0.3) is 0 Å². The average Bonchev–Trinajstić information content (AvgIpc) is 2.83. The summed E-state index contributed by atoms with van der Waals surface area (Å²) in [5, 5.41) is 79.6. The smallest absolute Gasteiger partial charge is 0.176 e. The molecule has 0 aromatic rings. The lowest BCUT2D eigenvalue weighted by Gasteiger charge is -2.48. The standard InChI is InChI=1S/C18H35N3O13.3ClH/c19-7-12(27)14(5(2-23)30-16(7)29)33-18-9(21)13(28)15(6(3-24)32-18)34-17-8(20)11(26)10(25)4(1-22)31-17;;;/h4-18,22-29H,1-3,19-21H2;3*1H/t4-,5-,6-,7-,8-,9-,10-,11-,12-,13-,14-,15-,16?,17+,18+;;;/m1.../s1. The molecule has 3 heterocycles. The van der Waals surface area contributed by atoms with Gasteiger partial charge in [-0.1, -0.05) is 0 Å². The van der Waals surface area contributed by atoms with Crippen LogP contribution in [0.2, 0.25) is 0 Å². The van der Waals surface area contributed by atoms with Crippen molar-refractivity contribution in [2.45, 2.75) is 91.9 Å². The molecule has 0 bridgehead atoms. The van der Waals surface area contributed by atoms with Crippen molar-refractivity contribution in [2.75, 3.05) is 19.8 Å². The van der Waals surface area contributed by atoms with Crippen LogP contribution >= 0.6 is 37.2 Å². The van der Waals surface area contributed by atoms with Crippen LogP contribution in [-0.2, 0) is 23.7 Å². The Hall–Kier alpha value is 0.230. The van der Waals surface area contributed by atoms with Crippen molar-refractivity contribution in [3.63, 3.8) is 0 Å². The maximum absolute atomic E-state index is 10.8. The zero-order chi connectivity index (χ0) is 25.3. The Bertz CT molecular complexity index is 661. The second-order valence-corrected chi connectivity index (χ2v) is 8.59. The predicted octanol–water partition coefficient (Wildman–Crippen LogP) is -6.41. The highest BCUT2D eigenvalue weighted by Gasteiger charge is 2.52. The van der Waals surface area contributed by atoms with Gasteiger partial charge in [0.15, 0.2) is 18.9 Å². The van der Waals surface area contributed by atoms with Gasteiger partial charge in [0.2, 0.25) is 0 Å². The molecule has 3 aliphatic heterocycles. The largest absolute Gasteiger partial charge is 0.394 e. The van der Waals surface area contributed by atoms with Gasteiger partial charge >= 0.3 is 0 Å². The maximum atomic E-state index is 10.8. The third kappa shape index (κ3) is 7.70. The van der Waals surface area contributed by atoms with Crippen molar-refractivity contribution in [3.05, 3.63) is 0 Å². The second kappa shape index (κ2) is 15.9. The summed E-state index contributed by atoms with van der Waals surface area (Å²) < 4.78 is 27.4.